The highest BCUT2D eigenvalue weighted by atomic mass is 127. The van der Waals surface area contributed by atoms with Crippen LogP contribution in [0.15, 0.2) is 45.9 Å². The van der Waals surface area contributed by atoms with Gasteiger partial charge in [0.1, 0.15) is 6.54 Å². The molecule has 0 aliphatic heterocycles. The molecule has 1 aromatic carbocycles. The molecular formula is C18H27IN4O. The molecule has 0 spiro atoms. The highest BCUT2D eigenvalue weighted by Gasteiger charge is 2.12. The first kappa shape index (κ1) is 20.5. The van der Waals surface area contributed by atoms with Crippen molar-refractivity contribution in [1.29, 1.82) is 0 Å². The third-order valence-corrected chi connectivity index (χ3v) is 3.95. The fourth-order valence-corrected chi connectivity index (χ4v) is 2.50. The molecule has 1 aromatic heterocycles. The van der Waals surface area contributed by atoms with Crippen LogP contribution in [0.4, 0.5) is 0 Å². The van der Waals surface area contributed by atoms with Crippen molar-refractivity contribution in [3.63, 3.8) is 0 Å². The smallest absolute Gasteiger partial charge is 0.189 e. The van der Waals surface area contributed by atoms with Crippen LogP contribution in [0.3, 0.4) is 0 Å². The van der Waals surface area contributed by atoms with Crippen molar-refractivity contribution in [3.05, 3.63) is 53.4 Å². The number of rotatable bonds is 8. The number of hydrogen-bond donors (Lipinski definition) is 2. The average Bonchev–Trinajstić information content (AvgIpc) is 3.04. The van der Waals surface area contributed by atoms with Crippen LogP contribution >= 0.6 is 24.0 Å². The van der Waals surface area contributed by atoms with Gasteiger partial charge in [0.25, 0.3) is 0 Å². The molecule has 24 heavy (non-hydrogen) atoms. The zero-order chi connectivity index (χ0) is 16.5. The predicted octanol–water partition coefficient (Wildman–Crippen LogP) is 3.84. The molecule has 5 nitrogen and oxygen atoms in total. The monoisotopic (exact) mass is 442 g/mol. The molecule has 0 fully saturated rings. The van der Waals surface area contributed by atoms with E-state index in [1.165, 1.54) is 5.56 Å². The van der Waals surface area contributed by atoms with E-state index in [2.05, 4.69) is 41.4 Å². The Morgan fingerprint density at radius 1 is 1.25 bits per heavy atom. The van der Waals surface area contributed by atoms with Gasteiger partial charge in [-0.05, 0) is 24.8 Å². The van der Waals surface area contributed by atoms with Crippen LogP contribution in [-0.4, -0.2) is 17.7 Å². The summed E-state index contributed by atoms with van der Waals surface area (Å²) in [7, 11) is 0. The summed E-state index contributed by atoms with van der Waals surface area (Å²) >= 11 is 0. The lowest BCUT2D eigenvalue weighted by molar-refractivity contribution is 0.372. The van der Waals surface area contributed by atoms with Crippen LogP contribution in [0.2, 0.25) is 0 Å². The van der Waals surface area contributed by atoms with E-state index in [1.54, 1.807) is 0 Å². The van der Waals surface area contributed by atoms with Crippen LogP contribution in [0.1, 0.15) is 49.6 Å². The second kappa shape index (κ2) is 11.1. The van der Waals surface area contributed by atoms with E-state index < -0.39 is 0 Å². The van der Waals surface area contributed by atoms with Gasteiger partial charge in [0, 0.05) is 18.5 Å². The average molecular weight is 442 g/mol. The number of halogens is 1. The predicted molar refractivity (Wildman–Crippen MR) is 109 cm³/mol. The Bertz CT molecular complexity index is 608. The number of benzene rings is 1. The molecule has 132 valence electrons. The number of nitrogens with one attached hydrogen (secondary N) is 1. The molecule has 3 N–H and O–H groups in total. The van der Waals surface area contributed by atoms with Gasteiger partial charge in [-0.3, -0.25) is 0 Å². The summed E-state index contributed by atoms with van der Waals surface area (Å²) in [6.07, 6.45) is 3.04. The minimum atomic E-state index is 0. The van der Waals surface area contributed by atoms with E-state index in [1.807, 2.05) is 24.3 Å². The summed E-state index contributed by atoms with van der Waals surface area (Å²) in [6, 6.07) is 12.3. The quantitative estimate of drug-likeness (QED) is 0.370. The minimum Gasteiger partial charge on any atom is -0.370 e. The maximum Gasteiger partial charge on any atom is 0.189 e. The maximum absolute atomic E-state index is 5.88. The maximum atomic E-state index is 5.88. The first-order valence-corrected chi connectivity index (χ1v) is 8.26. The van der Waals surface area contributed by atoms with Crippen LogP contribution in [0.25, 0.3) is 0 Å². The minimum absolute atomic E-state index is 0. The molecule has 0 bridgehead atoms. The fourth-order valence-electron chi connectivity index (χ4n) is 2.50. The normalized spacial score (nSPS) is 11.4. The first-order chi connectivity index (χ1) is 11.2. The third kappa shape index (κ3) is 6.51. The van der Waals surface area contributed by atoms with Gasteiger partial charge < -0.3 is 15.6 Å². The van der Waals surface area contributed by atoms with Crippen LogP contribution in [0.5, 0.6) is 0 Å². The molecule has 1 heterocycles. The van der Waals surface area contributed by atoms with Crippen molar-refractivity contribution in [2.45, 2.75) is 45.6 Å². The summed E-state index contributed by atoms with van der Waals surface area (Å²) in [5.74, 6) is 1.64. The molecule has 0 saturated heterocycles. The summed E-state index contributed by atoms with van der Waals surface area (Å²) in [4.78, 5) is 4.30. The van der Waals surface area contributed by atoms with Crippen molar-refractivity contribution in [2.24, 2.45) is 10.7 Å². The van der Waals surface area contributed by atoms with E-state index in [9.17, 15) is 0 Å². The number of aromatic nitrogens is 1. The van der Waals surface area contributed by atoms with Crippen molar-refractivity contribution < 1.29 is 4.52 Å². The van der Waals surface area contributed by atoms with Gasteiger partial charge in [-0.2, -0.15) is 0 Å². The lowest BCUT2D eigenvalue weighted by Crippen LogP contribution is -2.33. The van der Waals surface area contributed by atoms with Gasteiger partial charge in [-0.25, -0.2) is 4.99 Å². The van der Waals surface area contributed by atoms with E-state index in [4.69, 9.17) is 10.3 Å². The molecule has 2 aromatic rings. The van der Waals surface area contributed by atoms with E-state index in [0.29, 0.717) is 18.4 Å². The molecule has 0 atom stereocenters. The lowest BCUT2D eigenvalue weighted by Gasteiger charge is -2.06. The molecule has 0 saturated carbocycles. The summed E-state index contributed by atoms with van der Waals surface area (Å²) in [5, 5.41) is 7.25. The standard InChI is InChI=1S/C18H26N4O.HI/c1-3-15(4-2)17-12-16(23-22-17)13-21-18(19)20-11-10-14-8-6-5-7-9-14;/h5-9,12,15H,3-4,10-11,13H2,1-2H3,(H3,19,20,21);1H. The van der Waals surface area contributed by atoms with Crippen molar-refractivity contribution >= 4 is 29.9 Å². The van der Waals surface area contributed by atoms with Gasteiger partial charge in [-0.15, -0.1) is 24.0 Å². The van der Waals surface area contributed by atoms with Crippen molar-refractivity contribution in [3.8, 4) is 0 Å². The number of guanidine groups is 1. The van der Waals surface area contributed by atoms with Gasteiger partial charge in [0.2, 0.25) is 0 Å². The lowest BCUT2D eigenvalue weighted by atomic mass is 9.99. The summed E-state index contributed by atoms with van der Waals surface area (Å²) < 4.78 is 5.33. The molecule has 6 heteroatoms. The topological polar surface area (TPSA) is 76.4 Å². The highest BCUT2D eigenvalue weighted by molar-refractivity contribution is 14.0. The number of nitrogens with two attached hydrogens (primary N) is 1. The Morgan fingerprint density at radius 3 is 2.62 bits per heavy atom. The number of nitrogens with zero attached hydrogens (tertiary/aromatic N) is 2. The zero-order valence-corrected chi connectivity index (χ0v) is 16.7. The number of hydrogen-bond acceptors (Lipinski definition) is 3. The molecular weight excluding hydrogens is 415 g/mol. The van der Waals surface area contributed by atoms with Crippen LogP contribution in [0, 0.1) is 0 Å². The second-order valence-electron chi connectivity index (χ2n) is 5.60. The fraction of sp³-hybridized carbons (Fsp3) is 0.444. The highest BCUT2D eigenvalue weighted by Crippen LogP contribution is 2.22. The Balaban J connectivity index is 0.00000288. The van der Waals surface area contributed by atoms with Gasteiger partial charge in [0.15, 0.2) is 11.7 Å². The Labute approximate surface area is 161 Å². The third-order valence-electron chi connectivity index (χ3n) is 3.95. The Hall–Kier alpha value is -1.57. The van der Waals surface area contributed by atoms with Crippen LogP contribution < -0.4 is 11.1 Å². The van der Waals surface area contributed by atoms with Crippen LogP contribution in [-0.2, 0) is 13.0 Å². The Morgan fingerprint density at radius 2 is 1.96 bits per heavy atom. The Kier molecular flexibility index (Phi) is 9.44. The van der Waals surface area contributed by atoms with Crippen molar-refractivity contribution in [2.75, 3.05) is 6.54 Å². The first-order valence-electron chi connectivity index (χ1n) is 8.26. The molecule has 0 aliphatic carbocycles. The molecule has 2 rings (SSSR count). The molecule has 0 amide bonds. The van der Waals surface area contributed by atoms with Gasteiger partial charge in [0.05, 0.1) is 5.69 Å². The summed E-state index contributed by atoms with van der Waals surface area (Å²) in [5.41, 5.74) is 8.17. The summed E-state index contributed by atoms with van der Waals surface area (Å²) in [6.45, 7) is 5.50. The van der Waals surface area contributed by atoms with E-state index in [-0.39, 0.29) is 24.0 Å². The van der Waals surface area contributed by atoms with Gasteiger partial charge >= 0.3 is 0 Å². The van der Waals surface area contributed by atoms with E-state index in [0.717, 1.165) is 37.3 Å². The zero-order valence-electron chi connectivity index (χ0n) is 14.4. The molecule has 0 radical (unpaired) electrons. The van der Waals surface area contributed by atoms with Gasteiger partial charge in [-0.1, -0.05) is 49.3 Å². The molecule has 0 aliphatic rings. The molecule has 0 unspecified atom stereocenters. The largest absolute Gasteiger partial charge is 0.370 e. The van der Waals surface area contributed by atoms with E-state index >= 15 is 0 Å². The van der Waals surface area contributed by atoms with Crippen molar-refractivity contribution in [1.82, 2.24) is 10.5 Å². The number of aliphatic imine (C=N–C) groups is 1. The second-order valence-corrected chi connectivity index (χ2v) is 5.60. The SMILES string of the molecule is CCC(CC)c1cc(CN=C(N)NCCc2ccccc2)on1.I.